The fourth-order valence-electron chi connectivity index (χ4n) is 2.47. The third-order valence-corrected chi connectivity index (χ3v) is 4.00. The predicted octanol–water partition coefficient (Wildman–Crippen LogP) is 3.14. The highest BCUT2D eigenvalue weighted by Crippen LogP contribution is 2.38. The Morgan fingerprint density at radius 3 is 2.93 bits per heavy atom. The molecule has 2 aromatic rings. The van der Waals surface area contributed by atoms with Crippen molar-refractivity contribution in [2.24, 2.45) is 0 Å². The van der Waals surface area contributed by atoms with Gasteiger partial charge in [-0.1, -0.05) is 11.6 Å². The minimum atomic E-state index is -0.651. The van der Waals surface area contributed by atoms with Gasteiger partial charge in [0.15, 0.2) is 18.1 Å². The van der Waals surface area contributed by atoms with Crippen LogP contribution in [-0.2, 0) is 14.3 Å². The van der Waals surface area contributed by atoms with E-state index in [4.69, 9.17) is 30.2 Å². The summed E-state index contributed by atoms with van der Waals surface area (Å²) in [5.41, 5.74) is 0.650. The second kappa shape index (κ2) is 8.64. The zero-order valence-corrected chi connectivity index (χ0v) is 15.3. The Labute approximate surface area is 160 Å². The summed E-state index contributed by atoms with van der Waals surface area (Å²) in [7, 11) is 0. The van der Waals surface area contributed by atoms with Gasteiger partial charge in [0.25, 0.3) is 5.91 Å². The van der Waals surface area contributed by atoms with E-state index in [1.54, 1.807) is 31.2 Å². The van der Waals surface area contributed by atoms with Crippen LogP contribution in [0.3, 0.4) is 0 Å². The minimum Gasteiger partial charge on any atom is -0.486 e. The van der Waals surface area contributed by atoms with Gasteiger partial charge in [-0.05, 0) is 42.8 Å². The SMILES string of the molecule is C[C@@H](NC(=O)COC(=O)/C=C/c1cc(Cl)c2c(c1)OCCO2)c1ccco1. The van der Waals surface area contributed by atoms with Crippen molar-refractivity contribution in [2.75, 3.05) is 19.8 Å². The fourth-order valence-corrected chi connectivity index (χ4v) is 2.74. The number of esters is 1. The number of halogens is 1. The van der Waals surface area contributed by atoms with Crippen LogP contribution in [0.4, 0.5) is 0 Å². The molecule has 1 aromatic heterocycles. The Bertz CT molecular complexity index is 846. The van der Waals surface area contributed by atoms with Gasteiger partial charge >= 0.3 is 5.97 Å². The van der Waals surface area contributed by atoms with Gasteiger partial charge < -0.3 is 23.9 Å². The van der Waals surface area contributed by atoms with Crippen molar-refractivity contribution in [3.8, 4) is 11.5 Å². The number of benzene rings is 1. The lowest BCUT2D eigenvalue weighted by Gasteiger charge is -2.19. The lowest BCUT2D eigenvalue weighted by Crippen LogP contribution is -2.30. The topological polar surface area (TPSA) is 87.0 Å². The van der Waals surface area contributed by atoms with Crippen LogP contribution in [-0.4, -0.2) is 31.7 Å². The highest BCUT2D eigenvalue weighted by Gasteiger charge is 2.16. The summed E-state index contributed by atoms with van der Waals surface area (Å²) in [6.07, 6.45) is 4.26. The van der Waals surface area contributed by atoms with Crippen LogP contribution in [0.15, 0.2) is 41.0 Å². The number of rotatable bonds is 6. The van der Waals surface area contributed by atoms with Crippen LogP contribution >= 0.6 is 11.6 Å². The molecule has 1 atom stereocenters. The Hall–Kier alpha value is -2.93. The quantitative estimate of drug-likeness (QED) is 0.601. The maximum atomic E-state index is 11.8. The number of nitrogens with one attached hydrogen (secondary N) is 1. The first-order chi connectivity index (χ1) is 13.0. The Morgan fingerprint density at radius 2 is 2.15 bits per heavy atom. The van der Waals surface area contributed by atoms with Crippen molar-refractivity contribution in [2.45, 2.75) is 13.0 Å². The van der Waals surface area contributed by atoms with Gasteiger partial charge in [0.2, 0.25) is 0 Å². The summed E-state index contributed by atoms with van der Waals surface area (Å²) in [4.78, 5) is 23.6. The van der Waals surface area contributed by atoms with E-state index < -0.39 is 18.5 Å². The van der Waals surface area contributed by atoms with Crippen molar-refractivity contribution in [1.29, 1.82) is 0 Å². The molecule has 1 amide bonds. The molecule has 8 heteroatoms. The second-order valence-electron chi connectivity index (χ2n) is 5.77. The summed E-state index contributed by atoms with van der Waals surface area (Å²) in [6.45, 7) is 2.25. The van der Waals surface area contributed by atoms with E-state index in [-0.39, 0.29) is 6.04 Å². The number of hydrogen-bond acceptors (Lipinski definition) is 6. The van der Waals surface area contributed by atoms with Crippen LogP contribution in [0.25, 0.3) is 6.08 Å². The molecule has 1 aromatic carbocycles. The van der Waals surface area contributed by atoms with Gasteiger partial charge in [0, 0.05) is 6.08 Å². The number of carbonyl (C=O) groups is 2. The number of amides is 1. The number of ether oxygens (including phenoxy) is 3. The largest absolute Gasteiger partial charge is 0.486 e. The normalized spacial score (nSPS) is 14.0. The highest BCUT2D eigenvalue weighted by molar-refractivity contribution is 6.32. The molecule has 1 aliphatic rings. The standard InChI is InChI=1S/C19H18ClNO6/c1-12(15-3-2-6-24-15)21-17(22)11-27-18(23)5-4-13-9-14(20)19-16(10-13)25-7-8-26-19/h2-6,9-10,12H,7-8,11H2,1H3,(H,21,22)/b5-4+/t12-/m1/s1. The summed E-state index contributed by atoms with van der Waals surface area (Å²) in [6, 6.07) is 6.52. The molecular formula is C19H18ClNO6. The van der Waals surface area contributed by atoms with Crippen molar-refractivity contribution >= 4 is 29.6 Å². The number of fused-ring (bicyclic) bond motifs is 1. The lowest BCUT2D eigenvalue weighted by atomic mass is 10.2. The molecule has 0 aliphatic carbocycles. The van der Waals surface area contributed by atoms with E-state index >= 15 is 0 Å². The van der Waals surface area contributed by atoms with E-state index in [1.165, 1.54) is 18.4 Å². The average molecular weight is 392 g/mol. The van der Waals surface area contributed by atoms with E-state index in [9.17, 15) is 9.59 Å². The van der Waals surface area contributed by atoms with Gasteiger partial charge in [-0.25, -0.2) is 4.79 Å². The molecule has 142 valence electrons. The molecule has 2 heterocycles. The number of hydrogen-bond donors (Lipinski definition) is 1. The highest BCUT2D eigenvalue weighted by atomic mass is 35.5. The monoisotopic (exact) mass is 391 g/mol. The molecule has 0 spiro atoms. The minimum absolute atomic E-state index is 0.318. The van der Waals surface area contributed by atoms with Gasteiger partial charge in [-0.15, -0.1) is 0 Å². The van der Waals surface area contributed by atoms with E-state index in [0.29, 0.717) is 41.1 Å². The molecule has 7 nitrogen and oxygen atoms in total. The molecule has 27 heavy (non-hydrogen) atoms. The molecule has 0 saturated heterocycles. The molecular weight excluding hydrogens is 374 g/mol. The van der Waals surface area contributed by atoms with Gasteiger partial charge in [-0.2, -0.15) is 0 Å². The summed E-state index contributed by atoms with van der Waals surface area (Å²) in [5.74, 6) is 0.549. The average Bonchev–Trinajstić information content (AvgIpc) is 3.20. The van der Waals surface area contributed by atoms with Gasteiger partial charge in [0.05, 0.1) is 17.3 Å². The van der Waals surface area contributed by atoms with Gasteiger partial charge in [-0.3, -0.25) is 4.79 Å². The molecule has 1 aliphatic heterocycles. The summed E-state index contributed by atoms with van der Waals surface area (Å²) in [5, 5.41) is 3.07. The first-order valence-electron chi connectivity index (χ1n) is 8.29. The maximum absolute atomic E-state index is 11.8. The van der Waals surface area contributed by atoms with Crippen molar-refractivity contribution in [1.82, 2.24) is 5.32 Å². The molecule has 0 saturated carbocycles. The third kappa shape index (κ3) is 5.04. The summed E-state index contributed by atoms with van der Waals surface area (Å²) >= 11 is 6.14. The number of furan rings is 1. The van der Waals surface area contributed by atoms with Crippen LogP contribution in [0.2, 0.25) is 5.02 Å². The van der Waals surface area contributed by atoms with Crippen LogP contribution in [0.1, 0.15) is 24.3 Å². The smallest absolute Gasteiger partial charge is 0.331 e. The Morgan fingerprint density at radius 1 is 1.33 bits per heavy atom. The third-order valence-electron chi connectivity index (χ3n) is 3.72. The van der Waals surface area contributed by atoms with Crippen LogP contribution < -0.4 is 14.8 Å². The van der Waals surface area contributed by atoms with E-state index in [2.05, 4.69) is 5.32 Å². The zero-order valence-electron chi connectivity index (χ0n) is 14.6. The molecule has 0 unspecified atom stereocenters. The Balaban J connectivity index is 1.50. The fraction of sp³-hybridized carbons (Fsp3) is 0.263. The Kier molecular flexibility index (Phi) is 6.03. The zero-order chi connectivity index (χ0) is 19.2. The van der Waals surface area contributed by atoms with Crippen LogP contribution in [0, 0.1) is 0 Å². The second-order valence-corrected chi connectivity index (χ2v) is 6.18. The van der Waals surface area contributed by atoms with Crippen molar-refractivity contribution in [3.63, 3.8) is 0 Å². The molecule has 0 radical (unpaired) electrons. The number of carbonyl (C=O) groups excluding carboxylic acids is 2. The predicted molar refractivity (Wildman–Crippen MR) is 97.7 cm³/mol. The molecule has 1 N–H and O–H groups in total. The van der Waals surface area contributed by atoms with Crippen LogP contribution in [0.5, 0.6) is 11.5 Å². The molecule has 3 rings (SSSR count). The molecule has 0 fully saturated rings. The van der Waals surface area contributed by atoms with Gasteiger partial charge in [0.1, 0.15) is 19.0 Å². The van der Waals surface area contributed by atoms with E-state index in [0.717, 1.165) is 0 Å². The first-order valence-corrected chi connectivity index (χ1v) is 8.67. The van der Waals surface area contributed by atoms with E-state index in [1.807, 2.05) is 0 Å². The van der Waals surface area contributed by atoms with Crippen molar-refractivity contribution < 1.29 is 28.2 Å². The maximum Gasteiger partial charge on any atom is 0.331 e. The molecule has 0 bridgehead atoms. The first kappa shape index (κ1) is 18.8. The van der Waals surface area contributed by atoms with Crippen molar-refractivity contribution in [3.05, 3.63) is 53.0 Å². The summed E-state index contributed by atoms with van der Waals surface area (Å²) < 4.78 is 21.0. The lowest BCUT2D eigenvalue weighted by molar-refractivity contribution is -0.144.